The average molecular weight is 601 g/mol. The van der Waals surface area contributed by atoms with Gasteiger partial charge < -0.3 is 13.9 Å². The van der Waals surface area contributed by atoms with Crippen LogP contribution in [-0.2, 0) is 17.9 Å². The maximum absolute atomic E-state index is 16.2. The first-order chi connectivity index (χ1) is 20.8. The van der Waals surface area contributed by atoms with Crippen molar-refractivity contribution in [1.29, 1.82) is 0 Å². The molecule has 222 valence electrons. The van der Waals surface area contributed by atoms with Gasteiger partial charge >= 0.3 is 5.97 Å². The topological polar surface area (TPSA) is 49.9 Å². The number of esters is 1. The van der Waals surface area contributed by atoms with Gasteiger partial charge in [0.1, 0.15) is 12.3 Å². The number of hydrogen-bond donors (Lipinski definition) is 0. The van der Waals surface area contributed by atoms with Crippen LogP contribution in [-0.4, -0.2) is 29.9 Å². The van der Waals surface area contributed by atoms with Crippen molar-refractivity contribution in [2.75, 3.05) is 17.4 Å². The van der Waals surface area contributed by atoms with Crippen LogP contribution in [0.5, 0.6) is 0 Å². The van der Waals surface area contributed by atoms with Crippen molar-refractivity contribution >= 4 is 29.5 Å². The molecule has 1 saturated heterocycles. The third-order valence-electron chi connectivity index (χ3n) is 7.60. The number of benzene rings is 4. The maximum Gasteiger partial charge on any atom is 0.338 e. The zero-order valence-corrected chi connectivity index (χ0v) is 25.1. The van der Waals surface area contributed by atoms with Gasteiger partial charge in [0.15, 0.2) is 11.6 Å². The Labute approximate surface area is 255 Å². The molecular formula is C35H34F2N2O3S. The molecule has 0 unspecified atom stereocenters. The highest BCUT2D eigenvalue weighted by Gasteiger charge is 2.30. The van der Waals surface area contributed by atoms with Crippen LogP contribution >= 0.6 is 11.9 Å². The Hall–Kier alpha value is -4.17. The second-order valence-electron chi connectivity index (χ2n) is 10.7. The first kappa shape index (κ1) is 30.3. The van der Waals surface area contributed by atoms with Crippen molar-refractivity contribution in [3.05, 3.63) is 130 Å². The number of nitrogens with zero attached hydrogens (tertiary/aromatic N) is 2. The lowest BCUT2D eigenvalue weighted by Gasteiger charge is -2.30. The minimum Gasteiger partial charge on any atom is -0.457 e. The number of halogens is 2. The lowest BCUT2D eigenvalue weighted by Crippen LogP contribution is -2.36. The number of ether oxygens (including phenoxy) is 1. The predicted octanol–water partition coefficient (Wildman–Crippen LogP) is 8.28. The Kier molecular flexibility index (Phi) is 9.77. The zero-order chi connectivity index (χ0) is 30.3. The summed E-state index contributed by atoms with van der Waals surface area (Å²) in [5, 5.41) is 0. The number of carbonyl (C=O) groups excluding carboxylic acids is 2. The molecule has 8 heteroatoms. The van der Waals surface area contributed by atoms with E-state index in [0.29, 0.717) is 23.5 Å². The smallest absolute Gasteiger partial charge is 0.338 e. The predicted molar refractivity (Wildman–Crippen MR) is 166 cm³/mol. The van der Waals surface area contributed by atoms with Crippen LogP contribution in [0.25, 0.3) is 0 Å². The number of likely N-dealkylation sites (tertiary alicyclic amines) is 1. The number of amides is 1. The molecule has 5 nitrogen and oxygen atoms in total. The fourth-order valence-corrected chi connectivity index (χ4v) is 6.31. The van der Waals surface area contributed by atoms with E-state index in [4.69, 9.17) is 4.74 Å². The van der Waals surface area contributed by atoms with Gasteiger partial charge in [0.05, 0.1) is 17.7 Å². The minimum atomic E-state index is -0.773. The van der Waals surface area contributed by atoms with E-state index in [0.717, 1.165) is 42.3 Å². The van der Waals surface area contributed by atoms with Crippen LogP contribution in [0.3, 0.4) is 0 Å². The van der Waals surface area contributed by atoms with Gasteiger partial charge in [0.25, 0.3) is 5.91 Å². The normalized spacial score (nSPS) is 13.1. The monoisotopic (exact) mass is 600 g/mol. The quantitative estimate of drug-likeness (QED) is 0.143. The molecule has 1 aliphatic heterocycles. The standard InChI is InChI=1S/C35H34F2N2O3S/c1-24-30(34(40)38-19-10-5-11-20-38)25(2)32(37)33(31(24)36)39(22-26-13-6-3-7-14-26)43-29-18-12-17-28(21-29)35(41)42-23-27-15-8-4-9-16-27/h3-4,6-9,12-18,21H,5,10-11,19-20,22-23H2,1-2H3. The SMILES string of the molecule is Cc1c(F)c(N(Cc2ccccc2)Sc2cccc(C(=O)OCc3ccccc3)c2)c(F)c(C)c1C(=O)N1CCCCC1. The molecule has 5 rings (SSSR count). The van der Waals surface area contributed by atoms with E-state index in [1.54, 1.807) is 33.5 Å². The summed E-state index contributed by atoms with van der Waals surface area (Å²) in [4.78, 5) is 28.5. The molecule has 1 aliphatic rings. The summed E-state index contributed by atoms with van der Waals surface area (Å²) in [7, 11) is 0. The fraction of sp³-hybridized carbons (Fsp3) is 0.257. The Morgan fingerprint density at radius 3 is 2.05 bits per heavy atom. The first-order valence-corrected chi connectivity index (χ1v) is 15.2. The average Bonchev–Trinajstić information content (AvgIpc) is 3.04. The van der Waals surface area contributed by atoms with Crippen LogP contribution in [0, 0.1) is 25.5 Å². The van der Waals surface area contributed by atoms with Crippen molar-refractivity contribution < 1.29 is 23.1 Å². The molecule has 0 saturated carbocycles. The summed E-state index contributed by atoms with van der Waals surface area (Å²) in [6, 6.07) is 25.6. The fourth-order valence-electron chi connectivity index (χ4n) is 5.27. The van der Waals surface area contributed by atoms with Gasteiger partial charge in [-0.05, 0) is 74.4 Å². The van der Waals surface area contributed by atoms with E-state index in [1.807, 2.05) is 60.7 Å². The van der Waals surface area contributed by atoms with E-state index in [9.17, 15) is 9.59 Å². The van der Waals surface area contributed by atoms with Gasteiger partial charge in [0.2, 0.25) is 0 Å². The van der Waals surface area contributed by atoms with Crippen molar-refractivity contribution in [2.24, 2.45) is 0 Å². The highest BCUT2D eigenvalue weighted by atomic mass is 32.2. The number of rotatable bonds is 9. The molecule has 0 spiro atoms. The molecule has 43 heavy (non-hydrogen) atoms. The molecular weight excluding hydrogens is 566 g/mol. The molecule has 1 fully saturated rings. The maximum atomic E-state index is 16.2. The third kappa shape index (κ3) is 7.08. The van der Waals surface area contributed by atoms with Crippen molar-refractivity contribution in [1.82, 2.24) is 4.90 Å². The van der Waals surface area contributed by atoms with Crippen LogP contribution < -0.4 is 4.31 Å². The van der Waals surface area contributed by atoms with Gasteiger partial charge in [-0.15, -0.1) is 0 Å². The lowest BCUT2D eigenvalue weighted by molar-refractivity contribution is 0.0472. The van der Waals surface area contributed by atoms with Crippen molar-refractivity contribution in [3.63, 3.8) is 0 Å². The van der Waals surface area contributed by atoms with Crippen molar-refractivity contribution in [2.45, 2.75) is 51.2 Å². The molecule has 4 aromatic rings. The van der Waals surface area contributed by atoms with Gasteiger partial charge in [-0.1, -0.05) is 66.7 Å². The van der Waals surface area contributed by atoms with Gasteiger partial charge in [-0.3, -0.25) is 4.79 Å². The van der Waals surface area contributed by atoms with E-state index in [1.165, 1.54) is 13.8 Å². The van der Waals surface area contributed by atoms with E-state index < -0.39 is 17.6 Å². The highest BCUT2D eigenvalue weighted by Crippen LogP contribution is 2.39. The van der Waals surface area contributed by atoms with E-state index in [2.05, 4.69) is 0 Å². The van der Waals surface area contributed by atoms with Crippen LogP contribution in [0.2, 0.25) is 0 Å². The molecule has 1 heterocycles. The van der Waals surface area contributed by atoms with Crippen molar-refractivity contribution in [3.8, 4) is 0 Å². The lowest BCUT2D eigenvalue weighted by atomic mass is 9.97. The Balaban J connectivity index is 1.46. The highest BCUT2D eigenvalue weighted by molar-refractivity contribution is 8.00. The summed E-state index contributed by atoms with van der Waals surface area (Å²) in [6.45, 7) is 4.56. The summed E-state index contributed by atoms with van der Waals surface area (Å²) >= 11 is 1.12. The molecule has 0 aromatic heterocycles. The molecule has 0 bridgehead atoms. The first-order valence-electron chi connectivity index (χ1n) is 14.4. The number of carbonyl (C=O) groups is 2. The van der Waals surface area contributed by atoms with Gasteiger partial charge in [0, 0.05) is 29.1 Å². The Morgan fingerprint density at radius 1 is 0.814 bits per heavy atom. The number of anilines is 1. The van der Waals surface area contributed by atoms with E-state index >= 15 is 8.78 Å². The summed E-state index contributed by atoms with van der Waals surface area (Å²) in [5.74, 6) is -2.37. The van der Waals surface area contributed by atoms with Crippen LogP contribution in [0.4, 0.5) is 14.5 Å². The van der Waals surface area contributed by atoms with Crippen LogP contribution in [0.1, 0.15) is 62.2 Å². The zero-order valence-electron chi connectivity index (χ0n) is 24.3. The Bertz CT molecular complexity index is 1560. The summed E-state index contributed by atoms with van der Waals surface area (Å²) < 4.78 is 39.5. The molecule has 0 N–H and O–H groups in total. The number of hydrogen-bond acceptors (Lipinski definition) is 5. The molecule has 0 atom stereocenters. The molecule has 4 aromatic carbocycles. The van der Waals surface area contributed by atoms with E-state index in [-0.39, 0.29) is 41.4 Å². The van der Waals surface area contributed by atoms with Gasteiger partial charge in [-0.2, -0.15) is 0 Å². The largest absolute Gasteiger partial charge is 0.457 e. The molecule has 0 radical (unpaired) electrons. The summed E-state index contributed by atoms with van der Waals surface area (Å²) in [6.07, 6.45) is 2.81. The summed E-state index contributed by atoms with van der Waals surface area (Å²) in [5.41, 5.74) is 2.16. The number of piperidine rings is 1. The molecule has 1 amide bonds. The third-order valence-corrected chi connectivity index (χ3v) is 8.59. The van der Waals surface area contributed by atoms with Gasteiger partial charge in [-0.25, -0.2) is 13.6 Å². The minimum absolute atomic E-state index is 0.0912. The van der Waals surface area contributed by atoms with Crippen LogP contribution in [0.15, 0.2) is 89.8 Å². The Morgan fingerprint density at radius 2 is 1.42 bits per heavy atom. The molecule has 0 aliphatic carbocycles. The second kappa shape index (κ2) is 13.9. The second-order valence-corrected chi connectivity index (χ2v) is 11.8.